The van der Waals surface area contributed by atoms with Gasteiger partial charge in [-0.05, 0) is 79.9 Å². The lowest BCUT2D eigenvalue weighted by atomic mass is 9.68. The van der Waals surface area contributed by atoms with Gasteiger partial charge in [0.25, 0.3) is 0 Å². The third-order valence-corrected chi connectivity index (χ3v) is 7.63. The van der Waals surface area contributed by atoms with Crippen molar-refractivity contribution in [2.45, 2.75) is 103 Å². The van der Waals surface area contributed by atoms with Gasteiger partial charge in [0.1, 0.15) is 5.75 Å². The van der Waals surface area contributed by atoms with Crippen molar-refractivity contribution in [2.24, 2.45) is 23.7 Å². The van der Waals surface area contributed by atoms with Crippen molar-refractivity contribution in [3.63, 3.8) is 0 Å². The normalized spacial score (nSPS) is 27.7. The SMILES string of the molecule is CCC[C@H]1CC[C@H](C2CCC(CCCCc3ccc(OC(F)(F)F)cc3)CC2)CC1. The number of aryl methyl sites for hydroxylation is 1. The maximum absolute atomic E-state index is 12.2. The van der Waals surface area contributed by atoms with Crippen molar-refractivity contribution in [1.82, 2.24) is 0 Å². The summed E-state index contributed by atoms with van der Waals surface area (Å²) in [5.41, 5.74) is 1.09. The number of hydrogen-bond acceptors (Lipinski definition) is 1. The van der Waals surface area contributed by atoms with Crippen LogP contribution in [0.5, 0.6) is 5.75 Å². The first-order chi connectivity index (χ1) is 14.4. The molecule has 1 aromatic carbocycles. The van der Waals surface area contributed by atoms with Crippen LogP contribution in [-0.4, -0.2) is 6.36 Å². The first-order valence-electron chi connectivity index (χ1n) is 12.3. The van der Waals surface area contributed by atoms with Crippen molar-refractivity contribution >= 4 is 0 Å². The van der Waals surface area contributed by atoms with Crippen LogP contribution in [0.3, 0.4) is 0 Å². The smallest absolute Gasteiger partial charge is 0.406 e. The highest BCUT2D eigenvalue weighted by Crippen LogP contribution is 2.43. The number of rotatable bonds is 9. The Morgan fingerprint density at radius 3 is 1.80 bits per heavy atom. The molecule has 0 aliphatic heterocycles. The minimum atomic E-state index is -4.62. The van der Waals surface area contributed by atoms with Gasteiger partial charge in [0.05, 0.1) is 0 Å². The minimum absolute atomic E-state index is 0.137. The molecular weight excluding hydrogens is 385 g/mol. The van der Waals surface area contributed by atoms with Gasteiger partial charge in [0, 0.05) is 0 Å². The van der Waals surface area contributed by atoms with Crippen molar-refractivity contribution in [3.05, 3.63) is 29.8 Å². The summed E-state index contributed by atoms with van der Waals surface area (Å²) in [6.45, 7) is 2.32. The molecule has 0 bridgehead atoms. The number of halogens is 3. The monoisotopic (exact) mass is 424 g/mol. The van der Waals surface area contributed by atoms with Crippen molar-refractivity contribution < 1.29 is 17.9 Å². The molecule has 3 rings (SSSR count). The lowest BCUT2D eigenvalue weighted by Gasteiger charge is -2.38. The second kappa shape index (κ2) is 11.4. The number of unbranched alkanes of at least 4 members (excludes halogenated alkanes) is 1. The molecule has 0 spiro atoms. The molecule has 2 aliphatic carbocycles. The Bertz CT molecular complexity index is 594. The summed E-state index contributed by atoms with van der Waals surface area (Å²) in [6, 6.07) is 6.34. The highest BCUT2D eigenvalue weighted by atomic mass is 19.4. The summed E-state index contributed by atoms with van der Waals surface area (Å²) in [5, 5.41) is 0. The van der Waals surface area contributed by atoms with Crippen molar-refractivity contribution in [1.29, 1.82) is 0 Å². The lowest BCUT2D eigenvalue weighted by molar-refractivity contribution is -0.274. The Kier molecular flexibility index (Phi) is 8.95. The second-order valence-corrected chi connectivity index (χ2v) is 9.79. The fourth-order valence-electron chi connectivity index (χ4n) is 5.92. The summed E-state index contributed by atoms with van der Waals surface area (Å²) < 4.78 is 40.6. The zero-order chi connectivity index (χ0) is 21.4. The first-order valence-corrected chi connectivity index (χ1v) is 12.3. The van der Waals surface area contributed by atoms with E-state index >= 15 is 0 Å². The highest BCUT2D eigenvalue weighted by Gasteiger charge is 2.31. The molecule has 2 aliphatic rings. The molecule has 0 aromatic heterocycles. The third kappa shape index (κ3) is 7.81. The van der Waals surface area contributed by atoms with E-state index in [1.807, 2.05) is 0 Å². The van der Waals surface area contributed by atoms with Crippen LogP contribution in [0.1, 0.15) is 96.0 Å². The van der Waals surface area contributed by atoms with E-state index in [0.29, 0.717) is 0 Å². The van der Waals surface area contributed by atoms with Crippen LogP contribution >= 0.6 is 0 Å². The van der Waals surface area contributed by atoms with Crippen LogP contribution in [0.15, 0.2) is 24.3 Å². The number of hydrogen-bond donors (Lipinski definition) is 0. The van der Waals surface area contributed by atoms with E-state index in [-0.39, 0.29) is 5.75 Å². The van der Waals surface area contributed by atoms with Crippen molar-refractivity contribution in [3.8, 4) is 5.75 Å². The molecule has 0 N–H and O–H groups in total. The minimum Gasteiger partial charge on any atom is -0.406 e. The van der Waals surface area contributed by atoms with Crippen LogP contribution in [0.25, 0.3) is 0 Å². The topological polar surface area (TPSA) is 9.23 Å². The predicted molar refractivity (Wildman–Crippen MR) is 116 cm³/mol. The molecule has 0 amide bonds. The van der Waals surface area contributed by atoms with Crippen molar-refractivity contribution in [2.75, 3.05) is 0 Å². The van der Waals surface area contributed by atoms with Gasteiger partial charge in [0.2, 0.25) is 0 Å². The molecule has 0 atom stereocenters. The predicted octanol–water partition coefficient (Wildman–Crippen LogP) is 8.71. The molecule has 2 fully saturated rings. The third-order valence-electron chi connectivity index (χ3n) is 7.63. The Hall–Kier alpha value is -1.19. The van der Waals surface area contributed by atoms with E-state index in [9.17, 15) is 13.2 Å². The van der Waals surface area contributed by atoms with Gasteiger partial charge in [-0.25, -0.2) is 0 Å². The molecular formula is C26H39F3O. The van der Waals surface area contributed by atoms with Gasteiger partial charge in [-0.3, -0.25) is 0 Å². The van der Waals surface area contributed by atoms with Gasteiger partial charge in [-0.1, -0.05) is 70.4 Å². The van der Waals surface area contributed by atoms with Crippen LogP contribution in [0.4, 0.5) is 13.2 Å². The first kappa shape index (κ1) is 23.5. The van der Waals surface area contributed by atoms with E-state index in [1.54, 1.807) is 12.1 Å². The zero-order valence-electron chi connectivity index (χ0n) is 18.6. The number of ether oxygens (including phenoxy) is 1. The lowest BCUT2D eigenvalue weighted by Crippen LogP contribution is -2.25. The number of alkyl halides is 3. The highest BCUT2D eigenvalue weighted by molar-refractivity contribution is 5.27. The summed E-state index contributed by atoms with van der Waals surface area (Å²) in [5.74, 6) is 3.75. The van der Waals surface area contributed by atoms with Gasteiger partial charge in [-0.2, -0.15) is 0 Å². The summed E-state index contributed by atoms with van der Waals surface area (Å²) in [7, 11) is 0. The van der Waals surface area contributed by atoms with Crippen LogP contribution in [0, 0.1) is 23.7 Å². The fraction of sp³-hybridized carbons (Fsp3) is 0.769. The van der Waals surface area contributed by atoms with Gasteiger partial charge in [-0.15, -0.1) is 13.2 Å². The molecule has 1 aromatic rings. The van der Waals surface area contributed by atoms with Gasteiger partial charge >= 0.3 is 6.36 Å². The Morgan fingerprint density at radius 1 is 0.767 bits per heavy atom. The molecule has 30 heavy (non-hydrogen) atoms. The summed E-state index contributed by atoms with van der Waals surface area (Å²) >= 11 is 0. The van der Waals surface area contributed by atoms with E-state index in [1.165, 1.54) is 89.2 Å². The summed E-state index contributed by atoms with van der Waals surface area (Å²) in [4.78, 5) is 0. The molecule has 0 radical (unpaired) electrons. The number of benzene rings is 1. The molecule has 170 valence electrons. The Labute approximate surface area is 180 Å². The average Bonchev–Trinajstić information content (AvgIpc) is 2.73. The molecule has 2 saturated carbocycles. The Balaban J connectivity index is 1.27. The molecule has 0 heterocycles. The maximum atomic E-state index is 12.2. The van der Waals surface area contributed by atoms with Crippen LogP contribution < -0.4 is 4.74 Å². The van der Waals surface area contributed by atoms with Crippen LogP contribution in [0.2, 0.25) is 0 Å². The van der Waals surface area contributed by atoms with Gasteiger partial charge < -0.3 is 4.74 Å². The maximum Gasteiger partial charge on any atom is 0.573 e. The molecule has 1 nitrogen and oxygen atoms in total. The van der Waals surface area contributed by atoms with E-state index in [0.717, 1.165) is 42.1 Å². The quantitative estimate of drug-likeness (QED) is 0.360. The van der Waals surface area contributed by atoms with Gasteiger partial charge in [0.15, 0.2) is 0 Å². The van der Waals surface area contributed by atoms with E-state index < -0.39 is 6.36 Å². The van der Waals surface area contributed by atoms with E-state index in [4.69, 9.17) is 0 Å². The fourth-order valence-corrected chi connectivity index (χ4v) is 5.92. The average molecular weight is 425 g/mol. The summed E-state index contributed by atoms with van der Waals surface area (Å²) in [6.07, 6.45) is 14.3. The molecule has 0 saturated heterocycles. The Morgan fingerprint density at radius 2 is 1.30 bits per heavy atom. The zero-order valence-corrected chi connectivity index (χ0v) is 18.6. The van der Waals surface area contributed by atoms with Crippen LogP contribution in [-0.2, 0) is 6.42 Å². The van der Waals surface area contributed by atoms with E-state index in [2.05, 4.69) is 11.7 Å². The molecule has 0 unspecified atom stereocenters. The largest absolute Gasteiger partial charge is 0.573 e. The molecule has 4 heteroatoms. The standard InChI is InChI=1S/C26H39F3O/c1-2-5-20-8-14-23(15-9-20)24-16-10-21(11-17-24)6-3-4-7-22-12-18-25(19-13-22)30-26(27,28)29/h12-13,18-21,23-24H,2-11,14-17H2,1H3/t20-,21?,23-,24?. The second-order valence-electron chi connectivity index (χ2n) is 9.79.